The van der Waals surface area contributed by atoms with Crippen LogP contribution in [0.1, 0.15) is 12.0 Å². The Labute approximate surface area is 178 Å². The summed E-state index contributed by atoms with van der Waals surface area (Å²) < 4.78 is 4.75. The average molecular weight is 408 g/mol. The highest BCUT2D eigenvalue weighted by Crippen LogP contribution is 2.42. The molecule has 1 aliphatic rings. The van der Waals surface area contributed by atoms with Crippen molar-refractivity contribution in [3.05, 3.63) is 84.5 Å². The highest BCUT2D eigenvalue weighted by Gasteiger charge is 2.20. The molecule has 4 heteroatoms. The van der Waals surface area contributed by atoms with Gasteiger partial charge in [-0.25, -0.2) is 4.99 Å². The molecule has 1 unspecified atom stereocenters. The molecule has 2 heterocycles. The normalized spacial score (nSPS) is 17.1. The molecule has 0 amide bonds. The minimum absolute atomic E-state index is 0.0770. The van der Waals surface area contributed by atoms with E-state index in [4.69, 9.17) is 10.7 Å². The molecule has 6 rings (SSSR count). The standard InChI is InChI=1S/C26H21N3S/c1-16-8-7-12-19-20-14-15-21-18-11-5-6-13-22(18)30-25(21)24(20)29(23(16)19)26(27)28-17-9-3-2-4-10-17/h2-9,11-15,17H,10H2,1H3,(H2,27,28). The van der Waals surface area contributed by atoms with Gasteiger partial charge in [-0.1, -0.05) is 72.8 Å². The Kier molecular flexibility index (Phi) is 3.83. The van der Waals surface area contributed by atoms with E-state index in [9.17, 15) is 0 Å². The molecule has 1 atom stereocenters. The van der Waals surface area contributed by atoms with Crippen LogP contribution in [0.4, 0.5) is 0 Å². The zero-order valence-corrected chi connectivity index (χ0v) is 17.5. The van der Waals surface area contributed by atoms with Crippen LogP contribution < -0.4 is 5.73 Å². The maximum Gasteiger partial charge on any atom is 0.201 e. The summed E-state index contributed by atoms with van der Waals surface area (Å²) in [5.74, 6) is 0.555. The lowest BCUT2D eigenvalue weighted by molar-refractivity contribution is 0.818. The topological polar surface area (TPSA) is 43.3 Å². The van der Waals surface area contributed by atoms with Crippen molar-refractivity contribution in [3.63, 3.8) is 0 Å². The van der Waals surface area contributed by atoms with Gasteiger partial charge in [-0.3, -0.25) is 4.57 Å². The van der Waals surface area contributed by atoms with Crippen molar-refractivity contribution in [2.45, 2.75) is 19.4 Å². The molecule has 2 aromatic heterocycles. The molecule has 0 saturated carbocycles. The number of para-hydroxylation sites is 1. The van der Waals surface area contributed by atoms with Crippen LogP contribution in [-0.4, -0.2) is 16.6 Å². The van der Waals surface area contributed by atoms with E-state index in [2.05, 4.69) is 84.3 Å². The van der Waals surface area contributed by atoms with Crippen LogP contribution in [-0.2, 0) is 0 Å². The summed E-state index contributed by atoms with van der Waals surface area (Å²) >= 11 is 1.83. The van der Waals surface area contributed by atoms with Crippen molar-refractivity contribution in [1.29, 1.82) is 0 Å². The molecule has 146 valence electrons. The number of fused-ring (bicyclic) bond motifs is 7. The first-order valence-corrected chi connectivity index (χ1v) is 11.0. The zero-order chi connectivity index (χ0) is 20.2. The molecule has 3 nitrogen and oxygen atoms in total. The van der Waals surface area contributed by atoms with Gasteiger partial charge in [0.2, 0.25) is 5.96 Å². The third-order valence-corrected chi connectivity index (χ3v) is 7.17. The van der Waals surface area contributed by atoms with Crippen LogP contribution in [0.5, 0.6) is 0 Å². The number of thiophene rings is 1. The highest BCUT2D eigenvalue weighted by atomic mass is 32.1. The maximum absolute atomic E-state index is 6.72. The quantitative estimate of drug-likeness (QED) is 0.249. The van der Waals surface area contributed by atoms with Crippen LogP contribution >= 0.6 is 11.3 Å². The molecule has 0 spiro atoms. The number of nitrogens with zero attached hydrogens (tertiary/aromatic N) is 2. The molecular formula is C26H21N3S. The van der Waals surface area contributed by atoms with E-state index in [0.717, 1.165) is 17.5 Å². The Morgan fingerprint density at radius 1 is 0.933 bits per heavy atom. The second-order valence-corrected chi connectivity index (χ2v) is 8.90. The largest absolute Gasteiger partial charge is 0.369 e. The van der Waals surface area contributed by atoms with E-state index in [1.54, 1.807) is 0 Å². The Bertz CT molecular complexity index is 1550. The summed E-state index contributed by atoms with van der Waals surface area (Å²) in [5, 5.41) is 5.02. The summed E-state index contributed by atoms with van der Waals surface area (Å²) in [5.41, 5.74) is 10.2. The molecule has 0 fully saturated rings. The van der Waals surface area contributed by atoms with Gasteiger partial charge in [-0.05, 0) is 25.0 Å². The maximum atomic E-state index is 6.72. The monoisotopic (exact) mass is 407 g/mol. The highest BCUT2D eigenvalue weighted by molar-refractivity contribution is 7.26. The van der Waals surface area contributed by atoms with Gasteiger partial charge < -0.3 is 5.73 Å². The van der Waals surface area contributed by atoms with Gasteiger partial charge in [0.15, 0.2) is 0 Å². The van der Waals surface area contributed by atoms with Gasteiger partial charge >= 0.3 is 0 Å². The van der Waals surface area contributed by atoms with E-state index in [0.29, 0.717) is 5.96 Å². The molecule has 0 bridgehead atoms. The van der Waals surface area contributed by atoms with Crippen LogP contribution in [0.2, 0.25) is 0 Å². The summed E-state index contributed by atoms with van der Waals surface area (Å²) in [7, 11) is 0. The van der Waals surface area contributed by atoms with Crippen molar-refractivity contribution in [1.82, 2.24) is 4.57 Å². The molecule has 0 radical (unpaired) electrons. The third-order valence-electron chi connectivity index (χ3n) is 5.98. The van der Waals surface area contributed by atoms with E-state index in [-0.39, 0.29) is 6.04 Å². The van der Waals surface area contributed by atoms with E-state index < -0.39 is 0 Å². The Hall–Kier alpha value is -3.37. The lowest BCUT2D eigenvalue weighted by atomic mass is 10.1. The fraction of sp³-hybridized carbons (Fsp3) is 0.115. The van der Waals surface area contributed by atoms with Crippen LogP contribution in [0.25, 0.3) is 42.0 Å². The number of aryl methyl sites for hydroxylation is 1. The summed E-state index contributed by atoms with van der Waals surface area (Å²) in [6.07, 6.45) is 9.25. The fourth-order valence-electron chi connectivity index (χ4n) is 4.62. The second-order valence-electron chi connectivity index (χ2n) is 7.85. The number of rotatable bonds is 1. The van der Waals surface area contributed by atoms with Gasteiger partial charge in [-0.2, -0.15) is 0 Å². The fourth-order valence-corrected chi connectivity index (χ4v) is 5.86. The van der Waals surface area contributed by atoms with Gasteiger partial charge in [0.25, 0.3) is 0 Å². The third kappa shape index (κ3) is 2.47. The average Bonchev–Trinajstić information content (AvgIpc) is 3.31. The van der Waals surface area contributed by atoms with Crippen LogP contribution in [0.15, 0.2) is 83.9 Å². The Balaban J connectivity index is 1.76. The summed E-state index contributed by atoms with van der Waals surface area (Å²) in [4.78, 5) is 4.90. The number of aliphatic imine (C=N–C) groups is 1. The molecule has 30 heavy (non-hydrogen) atoms. The zero-order valence-electron chi connectivity index (χ0n) is 16.7. The van der Waals surface area contributed by atoms with E-state index >= 15 is 0 Å². The number of benzene rings is 3. The summed E-state index contributed by atoms with van der Waals surface area (Å²) in [6, 6.07) is 19.6. The second kappa shape index (κ2) is 6.57. The first kappa shape index (κ1) is 17.5. The van der Waals surface area contributed by atoms with Crippen molar-refractivity contribution >= 4 is 59.3 Å². The van der Waals surface area contributed by atoms with Crippen LogP contribution in [0.3, 0.4) is 0 Å². The molecule has 3 aromatic carbocycles. The molecular weight excluding hydrogens is 386 g/mol. The van der Waals surface area contributed by atoms with Gasteiger partial charge in [-0.15, -0.1) is 11.3 Å². The number of aromatic nitrogens is 1. The first-order valence-electron chi connectivity index (χ1n) is 10.2. The van der Waals surface area contributed by atoms with Crippen molar-refractivity contribution in [2.75, 3.05) is 0 Å². The smallest absolute Gasteiger partial charge is 0.201 e. The molecule has 5 aromatic rings. The van der Waals surface area contributed by atoms with Gasteiger partial charge in [0, 0.05) is 26.2 Å². The number of hydrogen-bond acceptors (Lipinski definition) is 2. The Morgan fingerprint density at radius 3 is 2.60 bits per heavy atom. The van der Waals surface area contributed by atoms with Crippen molar-refractivity contribution < 1.29 is 0 Å². The minimum Gasteiger partial charge on any atom is -0.369 e. The first-order chi connectivity index (χ1) is 14.7. The molecule has 2 N–H and O–H groups in total. The van der Waals surface area contributed by atoms with Gasteiger partial charge in [0.05, 0.1) is 21.8 Å². The Morgan fingerprint density at radius 2 is 1.73 bits per heavy atom. The molecule has 0 aliphatic heterocycles. The number of hydrogen-bond donors (Lipinski definition) is 1. The van der Waals surface area contributed by atoms with Crippen LogP contribution in [0, 0.1) is 6.92 Å². The minimum atomic E-state index is 0.0770. The SMILES string of the molecule is Cc1cccc2c3ccc4c5ccccc5sc4c3n(C(N)=NC3C=CC=CC3)c12. The van der Waals surface area contributed by atoms with Crippen molar-refractivity contribution in [2.24, 2.45) is 10.7 Å². The lowest BCUT2D eigenvalue weighted by Crippen LogP contribution is -2.24. The predicted molar refractivity (Wildman–Crippen MR) is 131 cm³/mol. The summed E-state index contributed by atoms with van der Waals surface area (Å²) in [6.45, 7) is 2.15. The predicted octanol–water partition coefficient (Wildman–Crippen LogP) is 6.52. The number of allylic oxidation sites excluding steroid dienone is 2. The molecule has 0 saturated heterocycles. The number of nitrogens with two attached hydrogens (primary N) is 1. The van der Waals surface area contributed by atoms with E-state index in [1.807, 2.05) is 17.4 Å². The van der Waals surface area contributed by atoms with E-state index in [1.165, 1.54) is 36.5 Å². The van der Waals surface area contributed by atoms with Gasteiger partial charge in [0.1, 0.15) is 0 Å². The molecule has 1 aliphatic carbocycles. The lowest BCUT2D eigenvalue weighted by Gasteiger charge is -2.13. The van der Waals surface area contributed by atoms with Crippen molar-refractivity contribution in [3.8, 4) is 0 Å².